The monoisotopic (exact) mass is 246 g/mol. The number of alkyl halides is 1. The van der Waals surface area contributed by atoms with Crippen LogP contribution in [0, 0.1) is 6.92 Å². The molecule has 0 aromatic carbocycles. The molecule has 1 atom stereocenters. The van der Waals surface area contributed by atoms with Gasteiger partial charge in [0, 0.05) is 14.6 Å². The summed E-state index contributed by atoms with van der Waals surface area (Å²) in [5, 5.41) is 0. The van der Waals surface area contributed by atoms with E-state index in [1.165, 1.54) is 29.0 Å². The largest absolute Gasteiger partial charge is 0.146 e. The minimum Gasteiger partial charge on any atom is -0.146 e. The molecule has 1 aromatic heterocycles. The zero-order chi connectivity index (χ0) is 8.97. The zero-order valence-corrected chi connectivity index (χ0v) is 10.0. The summed E-state index contributed by atoms with van der Waals surface area (Å²) in [5.74, 6) is 0. The Balaban J connectivity index is 2.33. The highest BCUT2D eigenvalue weighted by Crippen LogP contribution is 2.19. The van der Waals surface area contributed by atoms with Crippen molar-refractivity contribution in [1.82, 2.24) is 0 Å². The molecule has 0 bridgehead atoms. The molecule has 0 radical (unpaired) electrons. The lowest BCUT2D eigenvalue weighted by atomic mass is 10.2. The number of thiophene rings is 1. The predicted octanol–water partition coefficient (Wildman–Crippen LogP) is 4.16. The second-order valence-electron chi connectivity index (χ2n) is 3.06. The summed E-state index contributed by atoms with van der Waals surface area (Å²) < 4.78 is 0. The fraction of sp³-hybridized carbons (Fsp3) is 0.600. The fourth-order valence-corrected chi connectivity index (χ4v) is 2.26. The SMILES string of the molecule is CCC(Br)CCc1ccc(C)s1. The molecular formula is C10H15BrS. The normalized spacial score (nSPS) is 13.2. The Morgan fingerprint density at radius 1 is 1.50 bits per heavy atom. The molecule has 0 aliphatic heterocycles. The summed E-state index contributed by atoms with van der Waals surface area (Å²) in [6, 6.07) is 4.45. The van der Waals surface area contributed by atoms with Crippen molar-refractivity contribution in [2.75, 3.05) is 0 Å². The fourth-order valence-electron chi connectivity index (χ4n) is 1.12. The molecule has 0 spiro atoms. The molecule has 0 saturated carbocycles. The summed E-state index contributed by atoms with van der Waals surface area (Å²) in [5.41, 5.74) is 0. The van der Waals surface area contributed by atoms with Crippen molar-refractivity contribution in [3.05, 3.63) is 21.9 Å². The van der Waals surface area contributed by atoms with Crippen molar-refractivity contribution < 1.29 is 0 Å². The number of aryl methyl sites for hydroxylation is 2. The van der Waals surface area contributed by atoms with Crippen LogP contribution in [0.3, 0.4) is 0 Å². The van der Waals surface area contributed by atoms with Gasteiger partial charge in [-0.15, -0.1) is 11.3 Å². The minimum absolute atomic E-state index is 0.694. The van der Waals surface area contributed by atoms with Crippen LogP contribution in [0.5, 0.6) is 0 Å². The average molecular weight is 247 g/mol. The van der Waals surface area contributed by atoms with Crippen LogP contribution in [0.2, 0.25) is 0 Å². The molecule has 0 aliphatic carbocycles. The Morgan fingerprint density at radius 2 is 2.25 bits per heavy atom. The Kier molecular flexibility index (Phi) is 4.30. The van der Waals surface area contributed by atoms with E-state index in [0.717, 1.165) is 0 Å². The van der Waals surface area contributed by atoms with E-state index in [1.807, 2.05) is 11.3 Å². The summed E-state index contributed by atoms with van der Waals surface area (Å²) in [6.45, 7) is 4.39. The van der Waals surface area contributed by atoms with Gasteiger partial charge in [-0.25, -0.2) is 0 Å². The van der Waals surface area contributed by atoms with Gasteiger partial charge >= 0.3 is 0 Å². The van der Waals surface area contributed by atoms with Crippen molar-refractivity contribution >= 4 is 27.3 Å². The van der Waals surface area contributed by atoms with Gasteiger partial charge in [0.25, 0.3) is 0 Å². The molecule has 1 rings (SSSR count). The van der Waals surface area contributed by atoms with Gasteiger partial charge in [-0.1, -0.05) is 22.9 Å². The lowest BCUT2D eigenvalue weighted by Crippen LogP contribution is -1.96. The smallest absolute Gasteiger partial charge is 0.0146 e. The maximum Gasteiger partial charge on any atom is 0.0146 e. The lowest BCUT2D eigenvalue weighted by Gasteiger charge is -2.03. The van der Waals surface area contributed by atoms with E-state index in [0.29, 0.717) is 4.83 Å². The van der Waals surface area contributed by atoms with Gasteiger partial charge in [-0.2, -0.15) is 0 Å². The molecule has 0 N–H and O–H groups in total. The Bertz CT molecular complexity index is 229. The molecule has 12 heavy (non-hydrogen) atoms. The quantitative estimate of drug-likeness (QED) is 0.701. The van der Waals surface area contributed by atoms with Gasteiger partial charge in [-0.05, 0) is 38.3 Å². The molecule has 0 nitrogen and oxygen atoms in total. The molecular weight excluding hydrogens is 232 g/mol. The first-order chi connectivity index (χ1) is 5.72. The van der Waals surface area contributed by atoms with Crippen LogP contribution in [0.4, 0.5) is 0 Å². The molecule has 0 amide bonds. The maximum atomic E-state index is 3.65. The molecule has 68 valence electrons. The van der Waals surface area contributed by atoms with Crippen LogP contribution in [0.1, 0.15) is 29.5 Å². The summed E-state index contributed by atoms with van der Waals surface area (Å²) in [4.78, 5) is 3.64. The molecule has 1 unspecified atom stereocenters. The third kappa shape index (κ3) is 3.28. The summed E-state index contributed by atoms with van der Waals surface area (Å²) >= 11 is 5.57. The van der Waals surface area contributed by atoms with Gasteiger partial charge < -0.3 is 0 Å². The molecule has 0 fully saturated rings. The van der Waals surface area contributed by atoms with E-state index in [-0.39, 0.29) is 0 Å². The van der Waals surface area contributed by atoms with E-state index in [9.17, 15) is 0 Å². The van der Waals surface area contributed by atoms with E-state index in [4.69, 9.17) is 0 Å². The van der Waals surface area contributed by atoms with Crippen molar-refractivity contribution in [3.63, 3.8) is 0 Å². The van der Waals surface area contributed by atoms with E-state index < -0.39 is 0 Å². The van der Waals surface area contributed by atoms with Gasteiger partial charge in [0.05, 0.1) is 0 Å². The van der Waals surface area contributed by atoms with Gasteiger partial charge in [0.15, 0.2) is 0 Å². The van der Waals surface area contributed by atoms with Crippen LogP contribution in [0.15, 0.2) is 12.1 Å². The number of halogens is 1. The highest BCUT2D eigenvalue weighted by atomic mass is 79.9. The molecule has 1 aromatic rings. The van der Waals surface area contributed by atoms with E-state index in [2.05, 4.69) is 41.9 Å². The van der Waals surface area contributed by atoms with Crippen LogP contribution in [0.25, 0.3) is 0 Å². The first kappa shape index (κ1) is 10.3. The molecule has 0 saturated heterocycles. The zero-order valence-electron chi connectivity index (χ0n) is 7.64. The molecule has 0 aliphatic rings. The van der Waals surface area contributed by atoms with E-state index >= 15 is 0 Å². The number of rotatable bonds is 4. The van der Waals surface area contributed by atoms with Gasteiger partial charge in [-0.3, -0.25) is 0 Å². The minimum atomic E-state index is 0.694. The molecule has 1 heterocycles. The number of hydrogen-bond acceptors (Lipinski definition) is 1. The summed E-state index contributed by atoms with van der Waals surface area (Å²) in [6.07, 6.45) is 3.71. The Morgan fingerprint density at radius 3 is 2.75 bits per heavy atom. The lowest BCUT2D eigenvalue weighted by molar-refractivity contribution is 0.752. The first-order valence-electron chi connectivity index (χ1n) is 4.41. The van der Waals surface area contributed by atoms with Crippen LogP contribution < -0.4 is 0 Å². The van der Waals surface area contributed by atoms with Crippen molar-refractivity contribution in [3.8, 4) is 0 Å². The summed E-state index contributed by atoms with van der Waals surface area (Å²) in [7, 11) is 0. The Hall–Kier alpha value is 0.180. The van der Waals surface area contributed by atoms with Crippen molar-refractivity contribution in [2.45, 2.75) is 37.9 Å². The maximum absolute atomic E-state index is 3.65. The Labute approximate surface area is 87.1 Å². The highest BCUT2D eigenvalue weighted by molar-refractivity contribution is 9.09. The number of hydrogen-bond donors (Lipinski definition) is 0. The highest BCUT2D eigenvalue weighted by Gasteiger charge is 2.02. The van der Waals surface area contributed by atoms with Gasteiger partial charge in [0.1, 0.15) is 0 Å². The van der Waals surface area contributed by atoms with Crippen LogP contribution >= 0.6 is 27.3 Å². The first-order valence-corrected chi connectivity index (χ1v) is 6.15. The third-order valence-corrected chi connectivity index (χ3v) is 4.11. The topological polar surface area (TPSA) is 0 Å². The second-order valence-corrected chi connectivity index (χ2v) is 5.72. The van der Waals surface area contributed by atoms with Crippen LogP contribution in [-0.4, -0.2) is 4.83 Å². The van der Waals surface area contributed by atoms with Crippen molar-refractivity contribution in [2.24, 2.45) is 0 Å². The third-order valence-electron chi connectivity index (χ3n) is 1.94. The standard InChI is InChI=1S/C10H15BrS/c1-3-9(11)5-7-10-6-4-8(2)12-10/h4,6,9H,3,5,7H2,1-2H3. The average Bonchev–Trinajstić information content (AvgIpc) is 2.47. The van der Waals surface area contributed by atoms with E-state index in [1.54, 1.807) is 0 Å². The predicted molar refractivity (Wildman–Crippen MR) is 60.4 cm³/mol. The van der Waals surface area contributed by atoms with Gasteiger partial charge in [0.2, 0.25) is 0 Å². The van der Waals surface area contributed by atoms with Crippen molar-refractivity contribution in [1.29, 1.82) is 0 Å². The molecule has 2 heteroatoms. The van der Waals surface area contributed by atoms with Crippen LogP contribution in [-0.2, 0) is 6.42 Å². The second kappa shape index (κ2) is 5.03.